The van der Waals surface area contributed by atoms with Gasteiger partial charge in [0.05, 0.1) is 37.3 Å². The number of aryl methyl sites for hydroxylation is 1. The number of nitrogens with zero attached hydrogens (tertiary/aromatic N) is 4. The van der Waals surface area contributed by atoms with Crippen molar-refractivity contribution < 1.29 is 28.6 Å². The summed E-state index contributed by atoms with van der Waals surface area (Å²) in [6.07, 6.45) is 1.14. The number of carbonyl (C=O) groups is 2. The SMILES string of the molecule is Cc1c2ccc3c1nnn3CCOCCCOc1ccc(c(F)c1)C(=O)N1CCc3ccc(cc3C1)C2CC(=O)O. The topological polar surface area (TPSA) is 107 Å². The van der Waals surface area contributed by atoms with E-state index in [1.54, 1.807) is 15.6 Å². The van der Waals surface area contributed by atoms with Crippen LogP contribution < -0.4 is 4.74 Å². The van der Waals surface area contributed by atoms with Gasteiger partial charge in [-0.3, -0.25) is 9.59 Å². The molecular formula is C31H31FN4O5. The van der Waals surface area contributed by atoms with Gasteiger partial charge in [-0.2, -0.15) is 0 Å². The number of amides is 1. The monoisotopic (exact) mass is 558 g/mol. The van der Waals surface area contributed by atoms with E-state index in [2.05, 4.69) is 10.3 Å². The first-order valence-electron chi connectivity index (χ1n) is 13.8. The predicted molar refractivity (Wildman–Crippen MR) is 149 cm³/mol. The summed E-state index contributed by atoms with van der Waals surface area (Å²) >= 11 is 0. The number of carbonyl (C=O) groups excluding carboxylic acids is 1. The van der Waals surface area contributed by atoms with Crippen molar-refractivity contribution in [1.82, 2.24) is 19.9 Å². The standard InChI is InChI=1S/C31H31FN4O5/c1-19-24-7-8-28-30(19)33-34-36(28)11-14-40-12-2-13-41-23-5-6-25(27(32)16-23)31(39)35-10-9-20-3-4-21(15-22(20)18-35)26(24)17-29(37)38/h3-8,15-16,26H,2,9-14,17-18H2,1H3,(H,37,38). The van der Waals surface area contributed by atoms with Gasteiger partial charge in [-0.05, 0) is 59.4 Å². The highest BCUT2D eigenvalue weighted by Crippen LogP contribution is 2.35. The Morgan fingerprint density at radius 1 is 1.07 bits per heavy atom. The normalized spacial score (nSPS) is 17.9. The Hall–Kier alpha value is -4.31. The molecule has 9 bridgehead atoms. The molecule has 1 unspecified atom stereocenters. The number of benzene rings is 3. The molecule has 212 valence electrons. The summed E-state index contributed by atoms with van der Waals surface area (Å²) in [6.45, 7) is 4.47. The summed E-state index contributed by atoms with van der Waals surface area (Å²) in [5, 5.41) is 18.6. The third-order valence-corrected chi connectivity index (χ3v) is 7.99. The number of rotatable bonds is 2. The van der Waals surface area contributed by atoms with Gasteiger partial charge in [-0.1, -0.05) is 29.5 Å². The summed E-state index contributed by atoms with van der Waals surface area (Å²) in [5.74, 6) is -1.98. The third-order valence-electron chi connectivity index (χ3n) is 7.99. The molecule has 0 radical (unpaired) electrons. The van der Waals surface area contributed by atoms with Crippen LogP contribution >= 0.6 is 0 Å². The summed E-state index contributed by atoms with van der Waals surface area (Å²) in [7, 11) is 0. The lowest BCUT2D eigenvalue weighted by Crippen LogP contribution is -2.36. The second-order valence-electron chi connectivity index (χ2n) is 10.6. The molecule has 41 heavy (non-hydrogen) atoms. The van der Waals surface area contributed by atoms with E-state index >= 15 is 4.39 Å². The Balaban J connectivity index is 1.40. The zero-order valence-corrected chi connectivity index (χ0v) is 22.8. The van der Waals surface area contributed by atoms with Crippen molar-refractivity contribution in [2.24, 2.45) is 0 Å². The molecule has 0 saturated heterocycles. The minimum Gasteiger partial charge on any atom is -0.493 e. The fourth-order valence-corrected chi connectivity index (χ4v) is 5.81. The fourth-order valence-electron chi connectivity index (χ4n) is 5.81. The second kappa shape index (κ2) is 11.3. The Bertz CT molecular complexity index is 1630. The zero-order chi connectivity index (χ0) is 28.5. The third kappa shape index (κ3) is 5.39. The summed E-state index contributed by atoms with van der Waals surface area (Å²) < 4.78 is 28.2. The maximum absolute atomic E-state index is 15.0. The van der Waals surface area contributed by atoms with Crippen molar-refractivity contribution in [3.8, 4) is 5.75 Å². The molecule has 6 heterocycles. The molecule has 0 fully saturated rings. The highest BCUT2D eigenvalue weighted by molar-refractivity contribution is 5.94. The summed E-state index contributed by atoms with van der Waals surface area (Å²) in [5.41, 5.74) is 6.20. The van der Waals surface area contributed by atoms with Gasteiger partial charge in [0.15, 0.2) is 0 Å². The van der Waals surface area contributed by atoms with Crippen molar-refractivity contribution >= 4 is 22.9 Å². The Labute approximate surface area is 236 Å². The number of ether oxygens (including phenoxy) is 2. The van der Waals surface area contributed by atoms with Crippen molar-refractivity contribution in [2.75, 3.05) is 26.4 Å². The quantitative estimate of drug-likeness (QED) is 0.387. The number of carboxylic acid groups (broad SMARTS) is 1. The predicted octanol–water partition coefficient (Wildman–Crippen LogP) is 4.48. The average molecular weight is 559 g/mol. The molecular weight excluding hydrogens is 527 g/mol. The van der Waals surface area contributed by atoms with Crippen LogP contribution in [0.15, 0.2) is 48.5 Å². The second-order valence-corrected chi connectivity index (χ2v) is 10.6. The summed E-state index contributed by atoms with van der Waals surface area (Å²) in [4.78, 5) is 27.0. The molecule has 0 spiro atoms. The van der Waals surface area contributed by atoms with Crippen LogP contribution in [0.4, 0.5) is 4.39 Å². The van der Waals surface area contributed by atoms with E-state index in [4.69, 9.17) is 9.47 Å². The highest BCUT2D eigenvalue weighted by Gasteiger charge is 2.27. The van der Waals surface area contributed by atoms with Crippen LogP contribution in [0.25, 0.3) is 11.0 Å². The van der Waals surface area contributed by atoms with Crippen LogP contribution in [-0.4, -0.2) is 63.2 Å². The minimum atomic E-state index is -0.912. The van der Waals surface area contributed by atoms with Crippen molar-refractivity contribution in [1.29, 1.82) is 0 Å². The van der Waals surface area contributed by atoms with Crippen LogP contribution in [0, 0.1) is 12.7 Å². The van der Waals surface area contributed by atoms with Gasteiger partial charge in [0.1, 0.15) is 17.1 Å². The number of aromatic nitrogens is 3. The lowest BCUT2D eigenvalue weighted by atomic mass is 9.83. The van der Waals surface area contributed by atoms with Gasteiger partial charge in [0.2, 0.25) is 0 Å². The molecule has 1 N–H and O–H groups in total. The zero-order valence-electron chi connectivity index (χ0n) is 22.8. The molecule has 5 aliphatic rings. The van der Waals surface area contributed by atoms with E-state index in [1.807, 2.05) is 37.3 Å². The molecule has 1 amide bonds. The van der Waals surface area contributed by atoms with E-state index in [0.717, 1.165) is 38.9 Å². The molecule has 3 aromatic carbocycles. The molecule has 5 aliphatic heterocycles. The van der Waals surface area contributed by atoms with Crippen LogP contribution in [0.3, 0.4) is 0 Å². The Kier molecular flexibility index (Phi) is 7.40. The number of halogens is 1. The van der Waals surface area contributed by atoms with Crippen LogP contribution in [-0.2, 0) is 29.0 Å². The number of hydrogen-bond acceptors (Lipinski definition) is 6. The molecule has 9 rings (SSSR count). The van der Waals surface area contributed by atoms with E-state index in [-0.39, 0.29) is 17.9 Å². The summed E-state index contributed by atoms with van der Waals surface area (Å²) in [6, 6.07) is 14.2. The first-order valence-corrected chi connectivity index (χ1v) is 13.8. The fraction of sp³-hybridized carbons (Fsp3) is 0.355. The van der Waals surface area contributed by atoms with Crippen LogP contribution in [0.5, 0.6) is 5.75 Å². The molecule has 10 heteroatoms. The lowest BCUT2D eigenvalue weighted by Gasteiger charge is -2.30. The van der Waals surface area contributed by atoms with Gasteiger partial charge in [-0.15, -0.1) is 5.10 Å². The van der Waals surface area contributed by atoms with Gasteiger partial charge in [0, 0.05) is 38.1 Å². The van der Waals surface area contributed by atoms with Crippen LogP contribution in [0.1, 0.15) is 56.9 Å². The number of aliphatic carboxylic acids is 1. The molecule has 0 aliphatic carbocycles. The van der Waals surface area contributed by atoms with Gasteiger partial charge in [-0.25, -0.2) is 9.07 Å². The Morgan fingerprint density at radius 3 is 2.78 bits per heavy atom. The lowest BCUT2D eigenvalue weighted by molar-refractivity contribution is -0.137. The molecule has 9 nitrogen and oxygen atoms in total. The van der Waals surface area contributed by atoms with Crippen molar-refractivity contribution in [3.05, 3.63) is 87.7 Å². The maximum atomic E-state index is 15.0. The van der Waals surface area contributed by atoms with E-state index in [1.165, 1.54) is 12.1 Å². The smallest absolute Gasteiger partial charge is 0.304 e. The van der Waals surface area contributed by atoms with E-state index < -0.39 is 17.7 Å². The number of carboxylic acids is 1. The van der Waals surface area contributed by atoms with Crippen molar-refractivity contribution in [2.45, 2.75) is 45.2 Å². The van der Waals surface area contributed by atoms with Gasteiger partial charge in [0.25, 0.3) is 5.91 Å². The van der Waals surface area contributed by atoms with Gasteiger partial charge >= 0.3 is 5.97 Å². The number of hydrogen-bond donors (Lipinski definition) is 1. The molecule has 0 saturated carbocycles. The van der Waals surface area contributed by atoms with Gasteiger partial charge < -0.3 is 19.5 Å². The minimum absolute atomic E-state index is 0.00106. The molecule has 1 aromatic heterocycles. The largest absolute Gasteiger partial charge is 0.493 e. The molecule has 1 atom stereocenters. The molecule has 4 aromatic rings. The van der Waals surface area contributed by atoms with E-state index in [9.17, 15) is 14.7 Å². The highest BCUT2D eigenvalue weighted by atomic mass is 19.1. The first kappa shape index (κ1) is 26.9. The van der Waals surface area contributed by atoms with Crippen LogP contribution in [0.2, 0.25) is 0 Å². The Morgan fingerprint density at radius 2 is 1.95 bits per heavy atom. The first-order chi connectivity index (χ1) is 19.9. The van der Waals surface area contributed by atoms with E-state index in [0.29, 0.717) is 58.0 Å². The average Bonchev–Trinajstić information content (AvgIpc) is 3.38. The maximum Gasteiger partial charge on any atom is 0.304 e. The van der Waals surface area contributed by atoms with Crippen molar-refractivity contribution in [3.63, 3.8) is 0 Å².